The van der Waals surface area contributed by atoms with Crippen LogP contribution in [-0.2, 0) is 12.6 Å². The number of benzene rings is 1. The zero-order chi connectivity index (χ0) is 27.2. The second-order valence-corrected chi connectivity index (χ2v) is 8.95. The summed E-state index contributed by atoms with van der Waals surface area (Å²) in [5.74, 6) is -1.32. The third-order valence-electron chi connectivity index (χ3n) is 5.08. The summed E-state index contributed by atoms with van der Waals surface area (Å²) < 4.78 is 86.7. The highest BCUT2D eigenvalue weighted by Crippen LogP contribution is 2.28. The number of nitrogens with zero attached hydrogens (tertiary/aromatic N) is 4. The summed E-state index contributed by atoms with van der Waals surface area (Å²) in [7, 11) is 1.54. The van der Waals surface area contributed by atoms with Crippen molar-refractivity contribution in [3.05, 3.63) is 63.9 Å². The number of alkyl halides is 5. The number of nitrogens with one attached hydrogen (secondary N) is 1. The lowest BCUT2D eigenvalue weighted by Crippen LogP contribution is -2.26. The fourth-order valence-corrected chi connectivity index (χ4v) is 4.20. The van der Waals surface area contributed by atoms with E-state index in [0.717, 1.165) is 23.8 Å². The molecule has 0 aliphatic heterocycles. The molecule has 0 atom stereocenters. The van der Waals surface area contributed by atoms with E-state index in [1.54, 1.807) is 14.0 Å². The van der Waals surface area contributed by atoms with E-state index in [9.17, 15) is 31.1 Å². The van der Waals surface area contributed by atoms with E-state index >= 15 is 0 Å². The molecule has 2 heterocycles. The van der Waals surface area contributed by atoms with Crippen LogP contribution in [0.25, 0.3) is 0 Å². The van der Waals surface area contributed by atoms with E-state index in [4.69, 9.17) is 4.74 Å². The van der Waals surface area contributed by atoms with Crippen molar-refractivity contribution in [2.75, 3.05) is 32.1 Å². The standard InChI is InChI=1S/C23H23F6N5O2S/c1-13-21(18(37-33-13)9-15-10-31-19(11-30-15)23(27,28)29)22(35)32-14-4-5-16(24)17(8-14)36-7-3-6-34(2)12-20(25)26/h4-5,8,10-11,20H,3,6-7,9,12H2,1-2H3,(H,32,35). The van der Waals surface area contributed by atoms with Crippen molar-refractivity contribution >= 4 is 23.1 Å². The largest absolute Gasteiger partial charge is 0.490 e. The van der Waals surface area contributed by atoms with Crippen molar-refractivity contribution in [2.24, 2.45) is 0 Å². The Morgan fingerprint density at radius 2 is 1.97 bits per heavy atom. The third-order valence-corrected chi connectivity index (χ3v) is 6.01. The van der Waals surface area contributed by atoms with Gasteiger partial charge in [-0.15, -0.1) is 0 Å². The van der Waals surface area contributed by atoms with Gasteiger partial charge in [0.15, 0.2) is 17.3 Å². The first-order valence-corrected chi connectivity index (χ1v) is 11.7. The monoisotopic (exact) mass is 547 g/mol. The molecule has 0 fully saturated rings. The average molecular weight is 548 g/mol. The first-order valence-electron chi connectivity index (χ1n) is 11.0. The fourth-order valence-electron chi connectivity index (χ4n) is 3.31. The summed E-state index contributed by atoms with van der Waals surface area (Å²) in [5.41, 5.74) is -0.0295. The zero-order valence-electron chi connectivity index (χ0n) is 19.8. The van der Waals surface area contributed by atoms with Gasteiger partial charge in [0.1, 0.15) is 0 Å². The van der Waals surface area contributed by atoms with Gasteiger partial charge in [0.05, 0.1) is 36.3 Å². The molecular formula is C23H23F6N5O2S. The van der Waals surface area contributed by atoms with Crippen molar-refractivity contribution in [1.29, 1.82) is 0 Å². The van der Waals surface area contributed by atoms with Crippen molar-refractivity contribution in [3.63, 3.8) is 0 Å². The van der Waals surface area contributed by atoms with Crippen LogP contribution in [0.4, 0.5) is 32.0 Å². The number of amides is 1. The smallest absolute Gasteiger partial charge is 0.434 e. The van der Waals surface area contributed by atoms with Gasteiger partial charge in [-0.3, -0.25) is 9.78 Å². The normalized spacial score (nSPS) is 11.8. The van der Waals surface area contributed by atoms with Crippen LogP contribution in [-0.4, -0.2) is 58.3 Å². The third kappa shape index (κ3) is 8.12. The first kappa shape index (κ1) is 28.3. The van der Waals surface area contributed by atoms with Crippen LogP contribution in [0, 0.1) is 12.7 Å². The molecule has 2 aromatic heterocycles. The van der Waals surface area contributed by atoms with Gasteiger partial charge in [0.2, 0.25) is 0 Å². The molecule has 0 aliphatic carbocycles. The van der Waals surface area contributed by atoms with E-state index in [0.29, 0.717) is 29.7 Å². The maximum absolute atomic E-state index is 14.2. The molecule has 3 aromatic rings. The van der Waals surface area contributed by atoms with Gasteiger partial charge in [-0.1, -0.05) is 0 Å². The van der Waals surface area contributed by atoms with E-state index in [-0.39, 0.29) is 42.3 Å². The predicted octanol–water partition coefficient (Wildman–Crippen LogP) is 5.21. The maximum Gasteiger partial charge on any atom is 0.434 e. The first-order chi connectivity index (χ1) is 17.4. The summed E-state index contributed by atoms with van der Waals surface area (Å²) >= 11 is 1.01. The number of aromatic nitrogens is 3. The molecule has 14 heteroatoms. The molecule has 37 heavy (non-hydrogen) atoms. The highest BCUT2D eigenvalue weighted by Gasteiger charge is 2.32. The number of rotatable bonds is 11. The Labute approximate surface area is 212 Å². The Hall–Kier alpha value is -3.26. The van der Waals surface area contributed by atoms with E-state index in [2.05, 4.69) is 19.7 Å². The van der Waals surface area contributed by atoms with E-state index in [1.807, 2.05) is 0 Å². The molecule has 0 bridgehead atoms. The Kier molecular flexibility index (Phi) is 9.43. The summed E-state index contributed by atoms with van der Waals surface area (Å²) in [6.45, 7) is 1.64. The minimum absolute atomic E-state index is 0.0389. The topological polar surface area (TPSA) is 80.2 Å². The number of aryl methyl sites for hydroxylation is 1. The highest BCUT2D eigenvalue weighted by atomic mass is 32.1. The minimum Gasteiger partial charge on any atom is -0.490 e. The lowest BCUT2D eigenvalue weighted by molar-refractivity contribution is -0.141. The molecule has 1 aromatic carbocycles. The van der Waals surface area contributed by atoms with Gasteiger partial charge in [-0.05, 0) is 44.1 Å². The molecule has 0 saturated carbocycles. The van der Waals surface area contributed by atoms with Gasteiger partial charge in [0.25, 0.3) is 12.3 Å². The summed E-state index contributed by atoms with van der Waals surface area (Å²) in [6.07, 6.45) is -5.02. The fraction of sp³-hybridized carbons (Fsp3) is 0.391. The van der Waals surface area contributed by atoms with Crippen LogP contribution in [0.15, 0.2) is 30.6 Å². The highest BCUT2D eigenvalue weighted by molar-refractivity contribution is 7.06. The van der Waals surface area contributed by atoms with Crippen molar-refractivity contribution < 1.29 is 35.9 Å². The second kappa shape index (κ2) is 12.3. The average Bonchev–Trinajstić information content (AvgIpc) is 3.17. The molecule has 1 amide bonds. The lowest BCUT2D eigenvalue weighted by atomic mass is 10.1. The van der Waals surface area contributed by atoms with Crippen molar-refractivity contribution in [3.8, 4) is 5.75 Å². The molecule has 0 aliphatic rings. The second-order valence-electron chi connectivity index (χ2n) is 8.09. The Bertz CT molecular complexity index is 1200. The number of hydrogen-bond acceptors (Lipinski definition) is 7. The number of anilines is 1. The zero-order valence-corrected chi connectivity index (χ0v) is 20.6. The molecule has 0 radical (unpaired) electrons. The number of ether oxygens (including phenoxy) is 1. The molecular weight excluding hydrogens is 524 g/mol. The van der Waals surface area contributed by atoms with Crippen molar-refractivity contribution in [1.82, 2.24) is 19.2 Å². The number of hydrogen-bond donors (Lipinski definition) is 1. The molecule has 0 saturated heterocycles. The number of carbonyl (C=O) groups excluding carboxylic acids is 1. The summed E-state index contributed by atoms with van der Waals surface area (Å²) in [5, 5.41) is 2.64. The summed E-state index contributed by atoms with van der Waals surface area (Å²) in [6, 6.07) is 3.75. The van der Waals surface area contributed by atoms with Crippen LogP contribution in [0.5, 0.6) is 5.75 Å². The SMILES string of the molecule is Cc1nsc(Cc2cnc(C(F)(F)F)cn2)c1C(=O)Nc1ccc(F)c(OCCCN(C)CC(F)F)c1. The Morgan fingerprint density at radius 3 is 2.62 bits per heavy atom. The molecule has 200 valence electrons. The van der Waals surface area contributed by atoms with E-state index < -0.39 is 30.0 Å². The van der Waals surface area contributed by atoms with Crippen LogP contribution < -0.4 is 10.1 Å². The van der Waals surface area contributed by atoms with Gasteiger partial charge < -0.3 is 15.0 Å². The minimum atomic E-state index is -4.61. The Balaban J connectivity index is 1.64. The van der Waals surface area contributed by atoms with Crippen molar-refractivity contribution in [2.45, 2.75) is 32.4 Å². The quantitative estimate of drug-likeness (QED) is 0.262. The predicted molar refractivity (Wildman–Crippen MR) is 125 cm³/mol. The summed E-state index contributed by atoms with van der Waals surface area (Å²) in [4.78, 5) is 22.0. The molecule has 7 nitrogen and oxygen atoms in total. The van der Waals surface area contributed by atoms with E-state index in [1.165, 1.54) is 17.0 Å². The van der Waals surface area contributed by atoms with Crippen LogP contribution in [0.3, 0.4) is 0 Å². The molecule has 1 N–H and O–H groups in total. The van der Waals surface area contributed by atoms with Crippen LogP contribution in [0.1, 0.15) is 38.7 Å². The number of halogens is 6. The molecule has 0 spiro atoms. The van der Waals surface area contributed by atoms with Gasteiger partial charge in [-0.2, -0.15) is 17.5 Å². The maximum atomic E-state index is 14.2. The Morgan fingerprint density at radius 1 is 1.22 bits per heavy atom. The van der Waals surface area contributed by atoms with Gasteiger partial charge in [0, 0.05) is 35.8 Å². The molecule has 3 rings (SSSR count). The molecule has 0 unspecified atom stereocenters. The van der Waals surface area contributed by atoms with Crippen LogP contribution in [0.2, 0.25) is 0 Å². The van der Waals surface area contributed by atoms with Gasteiger partial charge >= 0.3 is 6.18 Å². The van der Waals surface area contributed by atoms with Crippen LogP contribution >= 0.6 is 11.5 Å². The van der Waals surface area contributed by atoms with Gasteiger partial charge in [-0.25, -0.2) is 18.2 Å². The number of carbonyl (C=O) groups is 1. The lowest BCUT2D eigenvalue weighted by Gasteiger charge is -2.16.